The van der Waals surface area contributed by atoms with Crippen LogP contribution in [0.15, 0.2) is 18.2 Å². The van der Waals surface area contributed by atoms with Crippen LogP contribution >= 0.6 is 0 Å². The molecule has 1 aromatic rings. The van der Waals surface area contributed by atoms with Crippen LogP contribution in [0.4, 0.5) is 5.69 Å². The summed E-state index contributed by atoms with van der Waals surface area (Å²) in [6, 6.07) is 5.10. The van der Waals surface area contributed by atoms with E-state index in [0.717, 1.165) is 44.7 Å². The molecular formula is C16H22N4O3. The van der Waals surface area contributed by atoms with E-state index < -0.39 is 0 Å². The Hall–Kier alpha value is -1.99. The van der Waals surface area contributed by atoms with Crippen LogP contribution in [0.25, 0.3) is 0 Å². The lowest BCUT2D eigenvalue weighted by Gasteiger charge is -2.31. The number of amides is 1. The molecule has 3 rings (SSSR count). The van der Waals surface area contributed by atoms with E-state index in [2.05, 4.69) is 10.2 Å². The Morgan fingerprint density at radius 3 is 2.74 bits per heavy atom. The first-order chi connectivity index (χ1) is 11.1. The van der Waals surface area contributed by atoms with Crippen molar-refractivity contribution in [2.45, 2.75) is 19.4 Å². The average molecular weight is 318 g/mol. The largest absolute Gasteiger partial charge is 0.340 e. The summed E-state index contributed by atoms with van der Waals surface area (Å²) in [5.41, 5.74) is 2.34. The third kappa shape index (κ3) is 3.86. The Bertz CT molecular complexity index is 599. The summed E-state index contributed by atoms with van der Waals surface area (Å²) >= 11 is 0. The summed E-state index contributed by atoms with van der Waals surface area (Å²) in [6.45, 7) is 5.61. The molecule has 0 radical (unpaired) electrons. The van der Waals surface area contributed by atoms with Gasteiger partial charge in [-0.25, -0.2) is 0 Å². The summed E-state index contributed by atoms with van der Waals surface area (Å²) in [5.74, 6) is 0.205. The van der Waals surface area contributed by atoms with E-state index in [1.807, 2.05) is 11.0 Å². The van der Waals surface area contributed by atoms with E-state index in [1.165, 1.54) is 5.56 Å². The van der Waals surface area contributed by atoms with Gasteiger partial charge in [-0.2, -0.15) is 0 Å². The minimum absolute atomic E-state index is 0.141. The van der Waals surface area contributed by atoms with Crippen LogP contribution in [0, 0.1) is 10.1 Å². The van der Waals surface area contributed by atoms with Crippen molar-refractivity contribution in [3.8, 4) is 0 Å². The number of rotatable bonds is 4. The smallest absolute Gasteiger partial charge is 0.269 e. The van der Waals surface area contributed by atoms with Crippen LogP contribution in [-0.4, -0.2) is 59.9 Å². The highest BCUT2D eigenvalue weighted by molar-refractivity contribution is 5.76. The molecule has 0 spiro atoms. The fourth-order valence-corrected chi connectivity index (χ4v) is 3.23. The maximum atomic E-state index is 12.2. The number of fused-ring (bicyclic) bond motifs is 1. The fourth-order valence-electron chi connectivity index (χ4n) is 3.23. The van der Waals surface area contributed by atoms with Gasteiger partial charge < -0.3 is 10.2 Å². The van der Waals surface area contributed by atoms with Gasteiger partial charge in [0.15, 0.2) is 0 Å². The van der Waals surface area contributed by atoms with Gasteiger partial charge in [0.2, 0.25) is 5.91 Å². The van der Waals surface area contributed by atoms with Crippen molar-refractivity contribution < 1.29 is 9.72 Å². The van der Waals surface area contributed by atoms with Crippen LogP contribution in [0.2, 0.25) is 0 Å². The van der Waals surface area contributed by atoms with Crippen molar-refractivity contribution in [2.24, 2.45) is 0 Å². The third-order valence-electron chi connectivity index (χ3n) is 4.60. The second-order valence-corrected chi connectivity index (χ2v) is 6.12. The zero-order chi connectivity index (χ0) is 16.2. The Balaban J connectivity index is 1.55. The average Bonchev–Trinajstić information content (AvgIpc) is 2.59. The quantitative estimate of drug-likeness (QED) is 0.655. The topological polar surface area (TPSA) is 78.7 Å². The maximum Gasteiger partial charge on any atom is 0.269 e. The fraction of sp³-hybridized carbons (Fsp3) is 0.562. The molecule has 1 fully saturated rings. The molecule has 0 bridgehead atoms. The third-order valence-corrected chi connectivity index (χ3v) is 4.60. The first-order valence-electron chi connectivity index (χ1n) is 8.10. The monoisotopic (exact) mass is 318 g/mol. The molecule has 7 heteroatoms. The number of nitrogens with one attached hydrogen (secondary N) is 1. The minimum atomic E-state index is -0.354. The van der Waals surface area contributed by atoms with Crippen molar-refractivity contribution in [3.05, 3.63) is 39.4 Å². The second kappa shape index (κ2) is 7.06. The number of hydrogen-bond acceptors (Lipinski definition) is 5. The minimum Gasteiger partial charge on any atom is -0.340 e. The number of nitro benzene ring substituents is 1. The lowest BCUT2D eigenvalue weighted by atomic mass is 9.99. The van der Waals surface area contributed by atoms with Gasteiger partial charge in [0.25, 0.3) is 5.69 Å². The van der Waals surface area contributed by atoms with E-state index in [0.29, 0.717) is 19.5 Å². The Labute approximate surface area is 135 Å². The summed E-state index contributed by atoms with van der Waals surface area (Å²) in [5, 5.41) is 14.1. The van der Waals surface area contributed by atoms with Gasteiger partial charge >= 0.3 is 0 Å². The number of non-ortho nitro benzene ring substituents is 1. The van der Waals surface area contributed by atoms with Gasteiger partial charge in [0.05, 0.1) is 4.92 Å². The second-order valence-electron chi connectivity index (χ2n) is 6.12. The molecule has 23 heavy (non-hydrogen) atoms. The van der Waals surface area contributed by atoms with Crippen LogP contribution in [0.5, 0.6) is 0 Å². The zero-order valence-electron chi connectivity index (χ0n) is 13.2. The standard InChI is InChI=1S/C16H22N4O3/c21-16(19-9-5-17-6-10-19)4-8-18-7-3-13-1-2-15(20(22)23)11-14(13)12-18/h1-2,11,17H,3-10,12H2. The van der Waals surface area contributed by atoms with Crippen molar-refractivity contribution in [1.82, 2.24) is 15.1 Å². The summed E-state index contributed by atoms with van der Waals surface area (Å²) in [6.07, 6.45) is 1.40. The van der Waals surface area contributed by atoms with Crippen LogP contribution in [-0.2, 0) is 17.8 Å². The van der Waals surface area contributed by atoms with Gasteiger partial charge in [-0.05, 0) is 17.5 Å². The van der Waals surface area contributed by atoms with E-state index >= 15 is 0 Å². The summed E-state index contributed by atoms with van der Waals surface area (Å²) < 4.78 is 0. The van der Waals surface area contributed by atoms with E-state index in [1.54, 1.807) is 12.1 Å². The van der Waals surface area contributed by atoms with Crippen LogP contribution in [0.1, 0.15) is 17.5 Å². The Kier molecular flexibility index (Phi) is 4.88. The number of carbonyl (C=O) groups excluding carboxylic acids is 1. The first kappa shape index (κ1) is 15.9. The molecule has 2 aliphatic heterocycles. The molecule has 0 aromatic heterocycles. The highest BCUT2D eigenvalue weighted by atomic mass is 16.6. The predicted molar refractivity (Wildman–Crippen MR) is 86.1 cm³/mol. The number of benzene rings is 1. The summed E-state index contributed by atoms with van der Waals surface area (Å²) in [4.78, 5) is 26.9. The highest BCUT2D eigenvalue weighted by Gasteiger charge is 2.21. The van der Waals surface area contributed by atoms with Crippen LogP contribution < -0.4 is 5.32 Å². The van der Waals surface area contributed by atoms with Crippen molar-refractivity contribution in [2.75, 3.05) is 39.3 Å². The van der Waals surface area contributed by atoms with Gasteiger partial charge in [0.1, 0.15) is 0 Å². The van der Waals surface area contributed by atoms with E-state index in [4.69, 9.17) is 0 Å². The summed E-state index contributed by atoms with van der Waals surface area (Å²) in [7, 11) is 0. The molecule has 0 atom stereocenters. The molecule has 1 saturated heterocycles. The number of nitro groups is 1. The lowest BCUT2D eigenvalue weighted by Crippen LogP contribution is -2.47. The molecule has 1 N–H and O–H groups in total. The van der Waals surface area contributed by atoms with Crippen LogP contribution in [0.3, 0.4) is 0 Å². The molecule has 7 nitrogen and oxygen atoms in total. The normalized spacial score (nSPS) is 18.5. The molecule has 1 amide bonds. The zero-order valence-corrected chi connectivity index (χ0v) is 13.2. The van der Waals surface area contributed by atoms with Crippen molar-refractivity contribution in [3.63, 3.8) is 0 Å². The van der Waals surface area contributed by atoms with Crippen molar-refractivity contribution >= 4 is 11.6 Å². The molecule has 0 unspecified atom stereocenters. The molecule has 2 heterocycles. The predicted octanol–water partition coefficient (Wildman–Crippen LogP) is 0.775. The number of hydrogen-bond donors (Lipinski definition) is 1. The van der Waals surface area contributed by atoms with Gasteiger partial charge in [0, 0.05) is 64.4 Å². The lowest BCUT2D eigenvalue weighted by molar-refractivity contribution is -0.385. The van der Waals surface area contributed by atoms with Gasteiger partial charge in [-0.15, -0.1) is 0 Å². The molecule has 1 aromatic carbocycles. The number of carbonyl (C=O) groups is 1. The first-order valence-corrected chi connectivity index (χ1v) is 8.10. The van der Waals surface area contributed by atoms with E-state index in [9.17, 15) is 14.9 Å². The van der Waals surface area contributed by atoms with Gasteiger partial charge in [-0.3, -0.25) is 19.8 Å². The maximum absolute atomic E-state index is 12.2. The van der Waals surface area contributed by atoms with Crippen molar-refractivity contribution in [1.29, 1.82) is 0 Å². The SMILES string of the molecule is O=C(CCN1CCc2ccc([N+](=O)[O-])cc2C1)N1CCNCC1. The molecule has 2 aliphatic rings. The molecule has 124 valence electrons. The number of piperazine rings is 1. The van der Waals surface area contributed by atoms with Gasteiger partial charge in [-0.1, -0.05) is 6.07 Å². The number of nitrogens with zero attached hydrogens (tertiary/aromatic N) is 3. The molecule has 0 saturated carbocycles. The Morgan fingerprint density at radius 1 is 1.22 bits per heavy atom. The highest BCUT2D eigenvalue weighted by Crippen LogP contribution is 2.23. The molecule has 0 aliphatic carbocycles. The van der Waals surface area contributed by atoms with E-state index in [-0.39, 0.29) is 16.5 Å². The Morgan fingerprint density at radius 2 is 2.00 bits per heavy atom. The molecular weight excluding hydrogens is 296 g/mol.